The smallest absolute Gasteiger partial charge is 0.137 e. The zero-order valence-corrected chi connectivity index (χ0v) is 14.6. The molecule has 0 radical (unpaired) electrons. The number of halogens is 1. The van der Waals surface area contributed by atoms with E-state index in [1.807, 2.05) is 35.0 Å². The highest BCUT2D eigenvalue weighted by atomic mass is 79.9. The van der Waals surface area contributed by atoms with Crippen LogP contribution >= 0.6 is 15.9 Å². The fraction of sp³-hybridized carbons (Fsp3) is 0.0526. The average molecular weight is 393 g/mol. The number of hydrogen-bond donors (Lipinski definition) is 2. The van der Waals surface area contributed by atoms with Crippen LogP contribution < -0.4 is 5.32 Å². The Bertz CT molecular complexity index is 1120. The number of aromatic nitrogens is 3. The summed E-state index contributed by atoms with van der Waals surface area (Å²) in [5.41, 5.74) is 6.13. The molecule has 1 aliphatic heterocycles. The van der Waals surface area contributed by atoms with E-state index in [4.69, 9.17) is 0 Å². The van der Waals surface area contributed by atoms with Crippen molar-refractivity contribution in [1.29, 1.82) is 0 Å². The number of benzene rings is 2. The van der Waals surface area contributed by atoms with Crippen LogP contribution in [0.4, 0.5) is 5.69 Å². The van der Waals surface area contributed by atoms with Crippen LogP contribution in [0.25, 0.3) is 16.8 Å². The number of nitrogens with one attached hydrogen (secondary N) is 1. The van der Waals surface area contributed by atoms with Gasteiger partial charge in [0.15, 0.2) is 0 Å². The Kier molecular flexibility index (Phi) is 3.08. The second-order valence-corrected chi connectivity index (χ2v) is 6.86. The second kappa shape index (κ2) is 5.32. The Hall–Kier alpha value is -2.86. The summed E-state index contributed by atoms with van der Waals surface area (Å²) >= 11 is 3.42. The Balaban J connectivity index is 1.83. The van der Waals surface area contributed by atoms with E-state index in [0.717, 1.165) is 33.6 Å². The predicted octanol–water partition coefficient (Wildman–Crippen LogP) is 4.38. The summed E-state index contributed by atoms with van der Waals surface area (Å²) in [7, 11) is 0. The van der Waals surface area contributed by atoms with Crippen LogP contribution in [-0.2, 0) is 0 Å². The van der Waals surface area contributed by atoms with Gasteiger partial charge in [0.25, 0.3) is 0 Å². The molecule has 1 unspecified atom stereocenters. The molecule has 0 fully saturated rings. The van der Waals surface area contributed by atoms with Gasteiger partial charge in [0.2, 0.25) is 0 Å². The van der Waals surface area contributed by atoms with Crippen molar-refractivity contribution < 1.29 is 5.11 Å². The number of aromatic hydroxyl groups is 1. The second-order valence-electron chi connectivity index (χ2n) is 6.01. The quantitative estimate of drug-likeness (QED) is 0.504. The van der Waals surface area contributed by atoms with Crippen LogP contribution in [0.15, 0.2) is 65.5 Å². The van der Waals surface area contributed by atoms with Crippen molar-refractivity contribution in [3.8, 4) is 17.0 Å². The van der Waals surface area contributed by atoms with Crippen molar-refractivity contribution in [2.75, 3.05) is 5.32 Å². The van der Waals surface area contributed by atoms with E-state index in [1.165, 1.54) is 0 Å². The number of fused-ring (bicyclic) bond motifs is 2. The zero-order chi connectivity index (χ0) is 17.0. The van der Waals surface area contributed by atoms with Crippen molar-refractivity contribution in [2.24, 2.45) is 0 Å². The Morgan fingerprint density at radius 2 is 2.00 bits per heavy atom. The lowest BCUT2D eigenvalue weighted by molar-refractivity contribution is 0.471. The van der Waals surface area contributed by atoms with Gasteiger partial charge >= 0.3 is 0 Å². The number of nitrogens with zero attached hydrogens (tertiary/aromatic N) is 3. The number of hydrogen-bond acceptors (Lipinski definition) is 4. The van der Waals surface area contributed by atoms with Crippen LogP contribution in [-0.4, -0.2) is 19.7 Å². The normalized spacial score (nSPS) is 15.5. The Morgan fingerprint density at radius 1 is 1.12 bits per heavy atom. The lowest BCUT2D eigenvalue weighted by Crippen LogP contribution is -2.11. The molecule has 0 amide bonds. The summed E-state index contributed by atoms with van der Waals surface area (Å²) in [6.07, 6.45) is 3.54. The number of phenols is 1. The van der Waals surface area contributed by atoms with E-state index in [1.54, 1.807) is 12.4 Å². The minimum Gasteiger partial charge on any atom is -0.507 e. The molecule has 0 saturated heterocycles. The standard InChI is InChI=1S/C19H13BrN4O/c20-14-9-11(5-6-16(14)25)17-13-7-8-24-19(13)18(21-10-22-24)12-3-1-2-4-15(12)23-17/h1-10,17,23,25H. The summed E-state index contributed by atoms with van der Waals surface area (Å²) in [4.78, 5) is 4.55. The number of anilines is 1. The molecular weight excluding hydrogens is 380 g/mol. The van der Waals surface area contributed by atoms with Gasteiger partial charge in [0, 0.05) is 23.0 Å². The molecule has 1 atom stereocenters. The summed E-state index contributed by atoms with van der Waals surface area (Å²) in [6, 6.07) is 15.7. The van der Waals surface area contributed by atoms with Gasteiger partial charge in [-0.25, -0.2) is 9.50 Å². The molecule has 0 saturated carbocycles. The first kappa shape index (κ1) is 14.5. The van der Waals surface area contributed by atoms with Crippen molar-refractivity contribution >= 4 is 27.1 Å². The molecular formula is C19H13BrN4O. The average Bonchev–Trinajstić information content (AvgIpc) is 3.00. The minimum absolute atomic E-state index is 0.0738. The van der Waals surface area contributed by atoms with E-state index in [-0.39, 0.29) is 11.8 Å². The van der Waals surface area contributed by atoms with Crippen molar-refractivity contribution in [1.82, 2.24) is 14.6 Å². The predicted molar refractivity (Wildman–Crippen MR) is 99.7 cm³/mol. The maximum absolute atomic E-state index is 9.83. The van der Waals surface area contributed by atoms with Gasteiger partial charge in [-0.05, 0) is 45.8 Å². The molecule has 2 aromatic carbocycles. The minimum atomic E-state index is -0.0738. The summed E-state index contributed by atoms with van der Waals surface area (Å²) in [6.45, 7) is 0. The van der Waals surface area contributed by atoms with Gasteiger partial charge < -0.3 is 10.4 Å². The van der Waals surface area contributed by atoms with Gasteiger partial charge in [-0.1, -0.05) is 24.3 Å². The molecule has 6 heteroatoms. The van der Waals surface area contributed by atoms with E-state index in [0.29, 0.717) is 4.47 Å². The highest BCUT2D eigenvalue weighted by Crippen LogP contribution is 2.41. The van der Waals surface area contributed by atoms with E-state index < -0.39 is 0 Å². The number of phenolic OH excluding ortho intramolecular Hbond substituents is 1. The SMILES string of the molecule is Oc1ccc(C2Nc3ccccc3-c3ncnn4ccc2c34)cc1Br. The summed E-state index contributed by atoms with van der Waals surface area (Å²) in [5, 5.41) is 17.8. The molecule has 2 N–H and O–H groups in total. The first-order chi connectivity index (χ1) is 12.2. The van der Waals surface area contributed by atoms with Gasteiger partial charge in [0.05, 0.1) is 16.0 Å². The van der Waals surface area contributed by atoms with Gasteiger partial charge in [-0.3, -0.25) is 0 Å². The molecule has 4 aromatic rings. The largest absolute Gasteiger partial charge is 0.507 e. The van der Waals surface area contributed by atoms with Crippen LogP contribution in [0.5, 0.6) is 5.75 Å². The maximum Gasteiger partial charge on any atom is 0.137 e. The molecule has 2 aromatic heterocycles. The molecule has 5 nitrogen and oxygen atoms in total. The lowest BCUT2D eigenvalue weighted by Gasteiger charge is -2.20. The third-order valence-electron chi connectivity index (χ3n) is 4.58. The van der Waals surface area contributed by atoms with Crippen molar-refractivity contribution in [3.63, 3.8) is 0 Å². The van der Waals surface area contributed by atoms with Gasteiger partial charge in [0.1, 0.15) is 17.8 Å². The molecule has 1 aliphatic rings. The van der Waals surface area contributed by atoms with E-state index in [2.05, 4.69) is 49.5 Å². The molecule has 0 spiro atoms. The third-order valence-corrected chi connectivity index (χ3v) is 5.22. The topological polar surface area (TPSA) is 62.5 Å². The molecule has 5 rings (SSSR count). The number of para-hydroxylation sites is 1. The monoisotopic (exact) mass is 392 g/mol. The first-order valence-corrected chi connectivity index (χ1v) is 8.68. The highest BCUT2D eigenvalue weighted by Gasteiger charge is 2.26. The van der Waals surface area contributed by atoms with E-state index in [9.17, 15) is 5.11 Å². The fourth-order valence-electron chi connectivity index (χ4n) is 3.42. The van der Waals surface area contributed by atoms with Crippen molar-refractivity contribution in [3.05, 3.63) is 76.7 Å². The number of rotatable bonds is 1. The van der Waals surface area contributed by atoms with Gasteiger partial charge in [-0.2, -0.15) is 5.10 Å². The summed E-state index contributed by atoms with van der Waals surface area (Å²) in [5.74, 6) is 0.225. The van der Waals surface area contributed by atoms with Crippen LogP contribution in [0.2, 0.25) is 0 Å². The van der Waals surface area contributed by atoms with Crippen molar-refractivity contribution in [2.45, 2.75) is 6.04 Å². The van der Waals surface area contributed by atoms with Crippen LogP contribution in [0, 0.1) is 0 Å². The van der Waals surface area contributed by atoms with Crippen LogP contribution in [0.3, 0.4) is 0 Å². The van der Waals surface area contributed by atoms with Crippen LogP contribution in [0.1, 0.15) is 17.2 Å². The first-order valence-electron chi connectivity index (χ1n) is 7.89. The molecule has 0 bridgehead atoms. The summed E-state index contributed by atoms with van der Waals surface area (Å²) < 4.78 is 2.54. The Labute approximate surface area is 152 Å². The highest BCUT2D eigenvalue weighted by molar-refractivity contribution is 9.10. The molecule has 0 aliphatic carbocycles. The fourth-order valence-corrected chi connectivity index (χ4v) is 3.82. The van der Waals surface area contributed by atoms with E-state index >= 15 is 0 Å². The lowest BCUT2D eigenvalue weighted by atomic mass is 9.99. The molecule has 122 valence electrons. The Morgan fingerprint density at radius 3 is 2.88 bits per heavy atom. The maximum atomic E-state index is 9.83. The molecule has 3 heterocycles. The molecule has 25 heavy (non-hydrogen) atoms. The zero-order valence-electron chi connectivity index (χ0n) is 13.0. The van der Waals surface area contributed by atoms with Gasteiger partial charge in [-0.15, -0.1) is 0 Å². The third kappa shape index (κ3) is 2.14.